The van der Waals surface area contributed by atoms with Gasteiger partial charge < -0.3 is 4.74 Å². The Balaban J connectivity index is 1.90. The molecule has 0 aliphatic rings. The Bertz CT molecular complexity index is 726. The Morgan fingerprint density at radius 1 is 0.826 bits per heavy atom. The van der Waals surface area contributed by atoms with Crippen molar-refractivity contribution >= 4 is 10.1 Å². The topological polar surface area (TPSA) is 52.6 Å². The lowest BCUT2D eigenvalue weighted by molar-refractivity contribution is -0.0547. The average Bonchev–Trinajstić information content (AvgIpc) is 2.52. The van der Waals surface area contributed by atoms with Crippen LogP contribution in [0.3, 0.4) is 0 Å². The maximum Gasteiger partial charge on any atom is 0.523 e. The van der Waals surface area contributed by atoms with Gasteiger partial charge in [-0.15, -0.1) is 0 Å². The fourth-order valence-electron chi connectivity index (χ4n) is 1.64. The molecule has 0 radical (unpaired) electrons. The quantitative estimate of drug-likeness (QED) is 0.592. The fourth-order valence-corrected chi connectivity index (χ4v) is 2.06. The molecule has 0 saturated carbocycles. The van der Waals surface area contributed by atoms with Crippen LogP contribution >= 0.6 is 0 Å². The van der Waals surface area contributed by atoms with Gasteiger partial charge in [0, 0.05) is 0 Å². The molecule has 4 nitrogen and oxygen atoms in total. The molecule has 8 heteroatoms. The SMILES string of the molecule is O=S(=O)(OCc1ccc(OCc2ccccc2)cc1)C(F)(F)F. The van der Waals surface area contributed by atoms with Gasteiger partial charge in [-0.2, -0.15) is 21.6 Å². The van der Waals surface area contributed by atoms with Crippen LogP contribution in [0.15, 0.2) is 54.6 Å². The van der Waals surface area contributed by atoms with E-state index in [1.54, 1.807) is 0 Å². The summed E-state index contributed by atoms with van der Waals surface area (Å²) in [6.45, 7) is -0.347. The molecule has 0 bridgehead atoms. The Hall–Kier alpha value is -2.06. The van der Waals surface area contributed by atoms with Gasteiger partial charge in [0.25, 0.3) is 0 Å². The predicted octanol–water partition coefficient (Wildman–Crippen LogP) is 3.63. The lowest BCUT2D eigenvalue weighted by atomic mass is 10.2. The van der Waals surface area contributed by atoms with Crippen LogP contribution in [0.25, 0.3) is 0 Å². The predicted molar refractivity (Wildman–Crippen MR) is 77.0 cm³/mol. The van der Waals surface area contributed by atoms with Crippen molar-refractivity contribution in [1.29, 1.82) is 0 Å². The highest BCUT2D eigenvalue weighted by molar-refractivity contribution is 7.87. The lowest BCUT2D eigenvalue weighted by Gasteiger charge is -2.09. The second-order valence-electron chi connectivity index (χ2n) is 4.58. The third-order valence-corrected chi connectivity index (χ3v) is 3.83. The molecule has 0 N–H and O–H groups in total. The third-order valence-electron chi connectivity index (χ3n) is 2.84. The molecule has 2 rings (SSSR count). The first kappa shape index (κ1) is 17.3. The van der Waals surface area contributed by atoms with Crippen LogP contribution in [-0.2, 0) is 27.5 Å². The third kappa shape index (κ3) is 4.97. The van der Waals surface area contributed by atoms with Gasteiger partial charge in [0.15, 0.2) is 0 Å². The van der Waals surface area contributed by atoms with Gasteiger partial charge in [-0.3, -0.25) is 4.18 Å². The summed E-state index contributed by atoms with van der Waals surface area (Å²) in [5.41, 5.74) is -4.17. The smallest absolute Gasteiger partial charge is 0.489 e. The van der Waals surface area contributed by atoms with Gasteiger partial charge in [0.05, 0.1) is 6.61 Å². The maximum absolute atomic E-state index is 12.1. The summed E-state index contributed by atoms with van der Waals surface area (Å²) < 4.78 is 67.4. The van der Waals surface area contributed by atoms with Crippen molar-refractivity contribution in [2.75, 3.05) is 0 Å². The fraction of sp³-hybridized carbons (Fsp3) is 0.200. The number of ether oxygens (including phenoxy) is 1. The van der Waals surface area contributed by atoms with Crippen LogP contribution in [-0.4, -0.2) is 13.9 Å². The van der Waals surface area contributed by atoms with Gasteiger partial charge in [-0.1, -0.05) is 42.5 Å². The highest BCUT2D eigenvalue weighted by Crippen LogP contribution is 2.25. The summed E-state index contributed by atoms with van der Waals surface area (Å²) in [6, 6.07) is 15.4. The Morgan fingerprint density at radius 3 is 1.96 bits per heavy atom. The molecule has 0 amide bonds. The normalized spacial score (nSPS) is 12.1. The number of benzene rings is 2. The second-order valence-corrected chi connectivity index (χ2v) is 6.19. The molecular weight excluding hydrogens is 333 g/mol. The van der Waals surface area contributed by atoms with Crippen molar-refractivity contribution in [2.45, 2.75) is 18.7 Å². The van der Waals surface area contributed by atoms with Crippen LogP contribution < -0.4 is 4.74 Å². The number of rotatable bonds is 6. The summed E-state index contributed by atoms with van der Waals surface area (Å²) in [4.78, 5) is 0. The first-order valence-electron chi connectivity index (χ1n) is 6.49. The first-order valence-corrected chi connectivity index (χ1v) is 7.90. The van der Waals surface area contributed by atoms with Gasteiger partial charge in [-0.05, 0) is 23.3 Å². The minimum Gasteiger partial charge on any atom is -0.489 e. The zero-order chi connectivity index (χ0) is 16.9. The molecule has 0 atom stereocenters. The molecule has 0 aliphatic heterocycles. The molecule has 0 heterocycles. The van der Waals surface area contributed by atoms with Crippen molar-refractivity contribution in [3.63, 3.8) is 0 Å². The minimum absolute atomic E-state index is 0.282. The number of hydrogen-bond donors (Lipinski definition) is 0. The van der Waals surface area contributed by atoms with Crippen molar-refractivity contribution < 1.29 is 30.5 Å². The molecule has 0 aromatic heterocycles. The van der Waals surface area contributed by atoms with E-state index >= 15 is 0 Å². The van der Waals surface area contributed by atoms with E-state index in [-0.39, 0.29) is 5.56 Å². The highest BCUT2D eigenvalue weighted by Gasteiger charge is 2.47. The maximum atomic E-state index is 12.1. The molecule has 0 spiro atoms. The molecule has 0 unspecified atom stereocenters. The summed E-state index contributed by atoms with van der Waals surface area (Å²) in [5, 5.41) is 0. The number of hydrogen-bond acceptors (Lipinski definition) is 4. The standard InChI is InChI=1S/C15H13F3O4S/c16-15(17,18)23(19,20)22-11-13-6-8-14(9-7-13)21-10-12-4-2-1-3-5-12/h1-9H,10-11H2. The Kier molecular flexibility index (Phi) is 5.27. The van der Waals surface area contributed by atoms with Gasteiger partial charge in [0.1, 0.15) is 12.4 Å². The Morgan fingerprint density at radius 2 is 1.39 bits per heavy atom. The van der Waals surface area contributed by atoms with Crippen molar-refractivity contribution in [1.82, 2.24) is 0 Å². The van der Waals surface area contributed by atoms with Crippen LogP contribution in [0, 0.1) is 0 Å². The van der Waals surface area contributed by atoms with Crippen LogP contribution in [0.5, 0.6) is 5.75 Å². The van der Waals surface area contributed by atoms with E-state index in [9.17, 15) is 21.6 Å². The van der Waals surface area contributed by atoms with E-state index in [1.807, 2.05) is 30.3 Å². The zero-order valence-corrected chi connectivity index (χ0v) is 12.6. The molecule has 23 heavy (non-hydrogen) atoms. The minimum atomic E-state index is -5.58. The van der Waals surface area contributed by atoms with Crippen LogP contribution in [0.4, 0.5) is 13.2 Å². The highest BCUT2D eigenvalue weighted by atomic mass is 32.2. The van der Waals surface area contributed by atoms with Crippen molar-refractivity contribution in [3.8, 4) is 5.75 Å². The van der Waals surface area contributed by atoms with E-state index < -0.39 is 22.2 Å². The van der Waals surface area contributed by atoms with Crippen LogP contribution in [0.2, 0.25) is 0 Å². The average molecular weight is 346 g/mol. The van der Waals surface area contributed by atoms with E-state index in [1.165, 1.54) is 24.3 Å². The van der Waals surface area contributed by atoms with Gasteiger partial charge in [-0.25, -0.2) is 0 Å². The van der Waals surface area contributed by atoms with Crippen molar-refractivity contribution in [2.24, 2.45) is 0 Å². The zero-order valence-electron chi connectivity index (χ0n) is 11.8. The Labute approximate surface area is 131 Å². The summed E-state index contributed by atoms with van der Waals surface area (Å²) in [6.07, 6.45) is 0. The van der Waals surface area contributed by atoms with Crippen LogP contribution in [0.1, 0.15) is 11.1 Å². The summed E-state index contributed by atoms with van der Waals surface area (Å²) in [7, 11) is -5.58. The first-order chi connectivity index (χ1) is 10.8. The largest absolute Gasteiger partial charge is 0.523 e. The number of alkyl halides is 3. The summed E-state index contributed by atoms with van der Waals surface area (Å²) in [5.74, 6) is 0.510. The molecule has 124 valence electrons. The molecule has 0 aliphatic carbocycles. The van der Waals surface area contributed by atoms with Gasteiger partial charge in [0.2, 0.25) is 0 Å². The van der Waals surface area contributed by atoms with Gasteiger partial charge >= 0.3 is 15.6 Å². The monoisotopic (exact) mass is 346 g/mol. The summed E-state index contributed by atoms with van der Waals surface area (Å²) >= 11 is 0. The van der Waals surface area contributed by atoms with E-state index in [4.69, 9.17) is 4.74 Å². The van der Waals surface area contributed by atoms with E-state index in [2.05, 4.69) is 4.18 Å². The molecule has 2 aromatic rings. The molecule has 0 saturated heterocycles. The second kappa shape index (κ2) is 7.01. The molecular formula is C15H13F3O4S. The van der Waals surface area contributed by atoms with E-state index in [0.717, 1.165) is 5.56 Å². The molecule has 2 aromatic carbocycles. The molecule has 0 fully saturated rings. The van der Waals surface area contributed by atoms with E-state index in [0.29, 0.717) is 12.4 Å². The lowest BCUT2D eigenvalue weighted by Crippen LogP contribution is -2.25. The van der Waals surface area contributed by atoms with Crippen molar-refractivity contribution in [3.05, 3.63) is 65.7 Å². The number of halogens is 3.